The number of esters is 1. The van der Waals surface area contributed by atoms with E-state index in [9.17, 15) is 14.7 Å². The van der Waals surface area contributed by atoms with Gasteiger partial charge in [0, 0.05) is 5.02 Å². The van der Waals surface area contributed by atoms with Gasteiger partial charge in [-0.15, -0.1) is 5.10 Å². The molecule has 0 aliphatic carbocycles. The summed E-state index contributed by atoms with van der Waals surface area (Å²) in [5.74, 6) is -1.69. The molecule has 0 fully saturated rings. The average Bonchev–Trinajstić information content (AvgIpc) is 3.18. The number of carbonyl (C=O) groups is 2. The van der Waals surface area contributed by atoms with E-state index in [0.717, 1.165) is 0 Å². The van der Waals surface area contributed by atoms with Gasteiger partial charge in [0.15, 0.2) is 11.4 Å². The number of nitrogens with zero attached hydrogens (tertiary/aromatic N) is 5. The zero-order valence-corrected chi connectivity index (χ0v) is 15.6. The van der Waals surface area contributed by atoms with Gasteiger partial charge >= 0.3 is 11.9 Å². The molecule has 10 heteroatoms. The van der Waals surface area contributed by atoms with E-state index in [0.29, 0.717) is 27.8 Å². The molecule has 3 aromatic rings. The van der Waals surface area contributed by atoms with Gasteiger partial charge in [-0.1, -0.05) is 16.8 Å². The van der Waals surface area contributed by atoms with Crippen molar-refractivity contribution in [2.24, 2.45) is 0 Å². The largest absolute Gasteiger partial charge is 0.476 e. The molecule has 0 radical (unpaired) electrons. The second-order valence-corrected chi connectivity index (χ2v) is 6.08. The molecule has 0 saturated carbocycles. The molecular formula is C17H16ClN5O4. The third-order valence-electron chi connectivity index (χ3n) is 4.00. The molecule has 140 valence electrons. The van der Waals surface area contributed by atoms with Crippen molar-refractivity contribution in [2.45, 2.75) is 20.8 Å². The van der Waals surface area contributed by atoms with Crippen molar-refractivity contribution in [2.75, 3.05) is 6.61 Å². The summed E-state index contributed by atoms with van der Waals surface area (Å²) in [6.07, 6.45) is 1.41. The van der Waals surface area contributed by atoms with Crippen LogP contribution >= 0.6 is 11.6 Å². The lowest BCUT2D eigenvalue weighted by atomic mass is 10.2. The van der Waals surface area contributed by atoms with E-state index in [2.05, 4.69) is 15.3 Å². The van der Waals surface area contributed by atoms with Crippen LogP contribution in [0.2, 0.25) is 5.02 Å². The summed E-state index contributed by atoms with van der Waals surface area (Å²) in [6, 6.07) is 5.02. The van der Waals surface area contributed by atoms with Gasteiger partial charge in [0.25, 0.3) is 0 Å². The topological polar surface area (TPSA) is 112 Å². The Balaban J connectivity index is 2.17. The number of carboxylic acids is 1. The molecule has 0 amide bonds. The van der Waals surface area contributed by atoms with E-state index in [1.807, 2.05) is 0 Å². The van der Waals surface area contributed by atoms with Crippen LogP contribution in [0.5, 0.6) is 0 Å². The first-order chi connectivity index (χ1) is 12.8. The molecule has 0 saturated heterocycles. The van der Waals surface area contributed by atoms with Crippen molar-refractivity contribution >= 4 is 23.5 Å². The number of aromatic nitrogens is 5. The van der Waals surface area contributed by atoms with Gasteiger partial charge in [-0.3, -0.25) is 0 Å². The van der Waals surface area contributed by atoms with Crippen LogP contribution in [0.15, 0.2) is 24.5 Å². The molecular weight excluding hydrogens is 374 g/mol. The second kappa shape index (κ2) is 7.20. The number of ether oxygens (including phenoxy) is 1. The molecule has 0 spiro atoms. The number of imidazole rings is 1. The number of hydrogen-bond acceptors (Lipinski definition) is 6. The van der Waals surface area contributed by atoms with Crippen molar-refractivity contribution in [1.29, 1.82) is 0 Å². The van der Waals surface area contributed by atoms with Gasteiger partial charge in [0.1, 0.15) is 6.33 Å². The standard InChI is InChI=1S/C17H16ClN5O4/c1-4-27-17(26)15-10(3)23(21-20-15)13-7-11(18)5-6-12(13)22-8-19-14(9(22)2)16(24)25/h5-8H,4H2,1-3H3,(H,24,25). The van der Waals surface area contributed by atoms with Crippen LogP contribution in [-0.2, 0) is 4.74 Å². The van der Waals surface area contributed by atoms with Crippen LogP contribution in [-0.4, -0.2) is 48.2 Å². The number of benzene rings is 1. The van der Waals surface area contributed by atoms with Crippen LogP contribution in [0.4, 0.5) is 0 Å². The Kier molecular flexibility index (Phi) is 4.95. The Morgan fingerprint density at radius 3 is 2.56 bits per heavy atom. The normalized spacial score (nSPS) is 10.8. The Bertz CT molecular complexity index is 1040. The Morgan fingerprint density at radius 2 is 1.93 bits per heavy atom. The van der Waals surface area contributed by atoms with Crippen molar-refractivity contribution in [3.63, 3.8) is 0 Å². The Labute approximate surface area is 159 Å². The molecule has 2 aromatic heterocycles. The Morgan fingerprint density at radius 1 is 1.19 bits per heavy atom. The predicted octanol–water partition coefficient (Wildman–Crippen LogP) is 2.60. The molecule has 27 heavy (non-hydrogen) atoms. The third kappa shape index (κ3) is 3.28. The van der Waals surface area contributed by atoms with E-state index < -0.39 is 11.9 Å². The highest BCUT2D eigenvalue weighted by Gasteiger charge is 2.22. The number of carboxylic acid groups (broad SMARTS) is 1. The highest BCUT2D eigenvalue weighted by molar-refractivity contribution is 6.30. The number of rotatable bonds is 5. The highest BCUT2D eigenvalue weighted by Crippen LogP contribution is 2.26. The zero-order valence-electron chi connectivity index (χ0n) is 14.8. The first-order valence-corrected chi connectivity index (χ1v) is 8.39. The lowest BCUT2D eigenvalue weighted by Gasteiger charge is -2.13. The minimum Gasteiger partial charge on any atom is -0.476 e. The van der Waals surface area contributed by atoms with Crippen LogP contribution in [0.3, 0.4) is 0 Å². The molecule has 0 aliphatic heterocycles. The maximum absolute atomic E-state index is 12.0. The van der Waals surface area contributed by atoms with Crippen LogP contribution in [0.25, 0.3) is 11.4 Å². The fraction of sp³-hybridized carbons (Fsp3) is 0.235. The van der Waals surface area contributed by atoms with Gasteiger partial charge in [0.05, 0.1) is 29.4 Å². The molecule has 0 bridgehead atoms. The smallest absolute Gasteiger partial charge is 0.360 e. The lowest BCUT2D eigenvalue weighted by Crippen LogP contribution is -2.10. The Hall–Kier alpha value is -3.20. The van der Waals surface area contributed by atoms with Gasteiger partial charge in [0.2, 0.25) is 0 Å². The van der Waals surface area contributed by atoms with E-state index in [-0.39, 0.29) is 18.0 Å². The first kappa shape index (κ1) is 18.6. The quantitative estimate of drug-likeness (QED) is 0.667. The summed E-state index contributed by atoms with van der Waals surface area (Å²) in [5, 5.41) is 17.6. The van der Waals surface area contributed by atoms with Gasteiger partial charge in [-0.2, -0.15) is 0 Å². The summed E-state index contributed by atoms with van der Waals surface area (Å²) in [5.41, 5.74) is 2.04. The minimum atomic E-state index is -1.12. The van der Waals surface area contributed by atoms with E-state index >= 15 is 0 Å². The summed E-state index contributed by atoms with van der Waals surface area (Å²) in [4.78, 5) is 27.3. The number of carbonyl (C=O) groups excluding carboxylic acids is 1. The molecule has 0 atom stereocenters. The minimum absolute atomic E-state index is 0.0570. The lowest BCUT2D eigenvalue weighted by molar-refractivity contribution is 0.0518. The second-order valence-electron chi connectivity index (χ2n) is 5.64. The zero-order chi connectivity index (χ0) is 19.7. The molecule has 0 unspecified atom stereocenters. The fourth-order valence-corrected chi connectivity index (χ4v) is 2.84. The van der Waals surface area contributed by atoms with Crippen molar-refractivity contribution in [1.82, 2.24) is 24.5 Å². The summed E-state index contributed by atoms with van der Waals surface area (Å²) < 4.78 is 8.05. The molecule has 1 aromatic carbocycles. The average molecular weight is 390 g/mol. The molecule has 2 heterocycles. The van der Waals surface area contributed by atoms with Gasteiger partial charge in [-0.25, -0.2) is 19.3 Å². The summed E-state index contributed by atoms with van der Waals surface area (Å²) >= 11 is 6.15. The maximum Gasteiger partial charge on any atom is 0.360 e. The van der Waals surface area contributed by atoms with Crippen molar-refractivity contribution in [3.8, 4) is 11.4 Å². The fourth-order valence-electron chi connectivity index (χ4n) is 2.68. The monoisotopic (exact) mass is 389 g/mol. The van der Waals surface area contributed by atoms with Crippen LogP contribution < -0.4 is 0 Å². The summed E-state index contributed by atoms with van der Waals surface area (Å²) in [7, 11) is 0. The molecule has 3 rings (SSSR count). The van der Waals surface area contributed by atoms with Gasteiger partial charge < -0.3 is 14.4 Å². The van der Waals surface area contributed by atoms with Gasteiger partial charge in [-0.05, 0) is 39.0 Å². The SMILES string of the molecule is CCOC(=O)c1nnn(-c2cc(Cl)ccc2-n2cnc(C(=O)O)c2C)c1C. The highest BCUT2D eigenvalue weighted by atomic mass is 35.5. The van der Waals surface area contributed by atoms with Crippen molar-refractivity contribution in [3.05, 3.63) is 52.3 Å². The van der Waals surface area contributed by atoms with Crippen LogP contribution in [0.1, 0.15) is 39.3 Å². The molecule has 1 N–H and O–H groups in total. The predicted molar refractivity (Wildman–Crippen MR) is 95.9 cm³/mol. The van der Waals surface area contributed by atoms with E-state index in [1.54, 1.807) is 43.5 Å². The molecule has 9 nitrogen and oxygen atoms in total. The third-order valence-corrected chi connectivity index (χ3v) is 4.23. The number of halogens is 1. The van der Waals surface area contributed by atoms with Crippen LogP contribution in [0, 0.1) is 13.8 Å². The first-order valence-electron chi connectivity index (χ1n) is 8.02. The number of aromatic carboxylic acids is 1. The van der Waals surface area contributed by atoms with E-state index in [1.165, 1.54) is 11.0 Å². The summed E-state index contributed by atoms with van der Waals surface area (Å²) in [6.45, 7) is 5.25. The molecule has 0 aliphatic rings. The maximum atomic E-state index is 12.0. The number of hydrogen-bond donors (Lipinski definition) is 1. The van der Waals surface area contributed by atoms with E-state index in [4.69, 9.17) is 16.3 Å². The van der Waals surface area contributed by atoms with Crippen molar-refractivity contribution < 1.29 is 19.4 Å².